The standard InChI is InChI=1S/C9H6Cl2N4O3S.Na/c10-7-13-8(11)15-9(14-7)12-5-2-1-3-6(4-5)19(16,17)18;/h1-4H,(H,16,17,18)(H,12,13,14,15);/q;+1/p-1. The maximum Gasteiger partial charge on any atom is 1.00 e. The van der Waals surface area contributed by atoms with Crippen LogP contribution in [0, 0.1) is 0 Å². The molecule has 0 atom stereocenters. The molecule has 20 heavy (non-hydrogen) atoms. The molecule has 0 unspecified atom stereocenters. The molecule has 0 spiro atoms. The SMILES string of the molecule is O=S(=O)([O-])c1cccc(Nc2nc(Cl)nc(Cl)n2)c1.[Na+]. The summed E-state index contributed by atoms with van der Waals surface area (Å²) in [5, 5.41) is 2.43. The van der Waals surface area contributed by atoms with E-state index < -0.39 is 10.1 Å². The van der Waals surface area contributed by atoms with Crippen LogP contribution in [0.4, 0.5) is 11.6 Å². The Bertz CT molecular complexity index is 709. The van der Waals surface area contributed by atoms with Crippen molar-refractivity contribution in [3.63, 3.8) is 0 Å². The van der Waals surface area contributed by atoms with Gasteiger partial charge in [-0.3, -0.25) is 0 Å². The van der Waals surface area contributed by atoms with Crippen molar-refractivity contribution in [3.8, 4) is 0 Å². The van der Waals surface area contributed by atoms with Crippen molar-refractivity contribution >= 4 is 45.0 Å². The monoisotopic (exact) mass is 342 g/mol. The van der Waals surface area contributed by atoms with E-state index in [1.165, 1.54) is 18.2 Å². The third kappa shape index (κ3) is 4.81. The maximum absolute atomic E-state index is 10.9. The quantitative estimate of drug-likeness (QED) is 0.553. The Morgan fingerprint density at radius 3 is 2.25 bits per heavy atom. The Labute approximate surface area is 146 Å². The van der Waals surface area contributed by atoms with Crippen LogP contribution in [0.1, 0.15) is 0 Å². The number of hydrogen-bond donors (Lipinski definition) is 1. The van der Waals surface area contributed by atoms with Crippen molar-refractivity contribution in [2.45, 2.75) is 4.90 Å². The van der Waals surface area contributed by atoms with Gasteiger partial charge in [-0.1, -0.05) is 6.07 Å². The normalized spacial score (nSPS) is 10.8. The fourth-order valence-corrected chi connectivity index (χ4v) is 2.12. The van der Waals surface area contributed by atoms with Crippen molar-refractivity contribution in [2.24, 2.45) is 0 Å². The van der Waals surface area contributed by atoms with Crippen LogP contribution in [0.15, 0.2) is 29.2 Å². The summed E-state index contributed by atoms with van der Waals surface area (Å²) in [5.41, 5.74) is 0.301. The van der Waals surface area contributed by atoms with Gasteiger partial charge in [-0.15, -0.1) is 0 Å². The van der Waals surface area contributed by atoms with Gasteiger partial charge in [0.15, 0.2) is 0 Å². The summed E-state index contributed by atoms with van der Waals surface area (Å²) in [4.78, 5) is 10.7. The number of nitrogens with zero attached hydrogens (tertiary/aromatic N) is 3. The van der Waals surface area contributed by atoms with Crippen LogP contribution in [0.2, 0.25) is 10.6 Å². The molecule has 1 aromatic carbocycles. The average Bonchev–Trinajstić information content (AvgIpc) is 2.26. The zero-order valence-corrected chi connectivity index (χ0v) is 14.4. The molecule has 0 saturated carbocycles. The summed E-state index contributed by atoms with van der Waals surface area (Å²) in [6, 6.07) is 5.26. The third-order valence-electron chi connectivity index (χ3n) is 1.96. The molecule has 0 aliphatic rings. The summed E-state index contributed by atoms with van der Waals surface area (Å²) in [5.74, 6) is 0.0328. The summed E-state index contributed by atoms with van der Waals surface area (Å²) in [7, 11) is -4.53. The molecule has 0 aliphatic carbocycles. The largest absolute Gasteiger partial charge is 1.00 e. The van der Waals surface area contributed by atoms with Crippen molar-refractivity contribution in [3.05, 3.63) is 34.8 Å². The molecule has 7 nitrogen and oxygen atoms in total. The molecule has 1 N–H and O–H groups in total. The van der Waals surface area contributed by atoms with Gasteiger partial charge in [0.2, 0.25) is 16.5 Å². The Kier molecular flexibility index (Phi) is 6.14. The van der Waals surface area contributed by atoms with E-state index in [0.717, 1.165) is 6.07 Å². The molecule has 0 fully saturated rings. The van der Waals surface area contributed by atoms with Crippen LogP contribution in [0.3, 0.4) is 0 Å². The molecule has 2 rings (SSSR count). The smallest absolute Gasteiger partial charge is 0.744 e. The van der Waals surface area contributed by atoms with Crippen LogP contribution >= 0.6 is 23.2 Å². The molecular formula is C9H5Cl2N4NaO3S. The molecule has 0 radical (unpaired) electrons. The Morgan fingerprint density at radius 1 is 1.10 bits per heavy atom. The van der Waals surface area contributed by atoms with Crippen LogP contribution in [0.25, 0.3) is 0 Å². The first-order chi connectivity index (χ1) is 8.84. The molecular weight excluding hydrogens is 338 g/mol. The maximum atomic E-state index is 10.9. The van der Waals surface area contributed by atoms with E-state index in [4.69, 9.17) is 23.2 Å². The van der Waals surface area contributed by atoms with Crippen molar-refractivity contribution in [2.75, 3.05) is 5.32 Å². The van der Waals surface area contributed by atoms with Gasteiger partial charge in [0, 0.05) is 5.69 Å². The predicted octanol–water partition coefficient (Wildman–Crippen LogP) is -1.17. The Hall–Kier alpha value is -0.480. The Balaban J connectivity index is 0.00000200. The first-order valence-electron chi connectivity index (χ1n) is 4.75. The first-order valence-corrected chi connectivity index (χ1v) is 6.91. The summed E-state index contributed by atoms with van der Waals surface area (Å²) >= 11 is 11.2. The van der Waals surface area contributed by atoms with Gasteiger partial charge in [-0.25, -0.2) is 8.42 Å². The molecule has 0 bridgehead atoms. The molecule has 0 amide bonds. The second kappa shape index (κ2) is 6.99. The van der Waals surface area contributed by atoms with Gasteiger partial charge >= 0.3 is 29.6 Å². The third-order valence-corrected chi connectivity index (χ3v) is 3.13. The van der Waals surface area contributed by atoms with E-state index in [-0.39, 0.29) is 51.0 Å². The molecule has 0 aliphatic heterocycles. The average molecular weight is 343 g/mol. The molecule has 2 aromatic rings. The van der Waals surface area contributed by atoms with Crippen LogP contribution in [-0.4, -0.2) is 27.9 Å². The first kappa shape index (κ1) is 17.6. The second-order valence-electron chi connectivity index (χ2n) is 3.30. The molecule has 1 heterocycles. The Morgan fingerprint density at radius 2 is 1.70 bits per heavy atom. The minimum atomic E-state index is -4.53. The van der Waals surface area contributed by atoms with Gasteiger partial charge < -0.3 is 9.87 Å². The fourth-order valence-electron chi connectivity index (χ4n) is 1.24. The minimum Gasteiger partial charge on any atom is -0.744 e. The van der Waals surface area contributed by atoms with E-state index in [2.05, 4.69) is 20.3 Å². The number of aromatic nitrogens is 3. The topological polar surface area (TPSA) is 108 Å². The number of benzene rings is 1. The van der Waals surface area contributed by atoms with E-state index in [0.29, 0.717) is 5.69 Å². The van der Waals surface area contributed by atoms with Crippen molar-refractivity contribution in [1.82, 2.24) is 15.0 Å². The van der Waals surface area contributed by atoms with Gasteiger partial charge in [0.25, 0.3) is 0 Å². The number of nitrogens with one attached hydrogen (secondary N) is 1. The zero-order valence-electron chi connectivity index (χ0n) is 10.0. The van der Waals surface area contributed by atoms with E-state index in [1.54, 1.807) is 0 Å². The summed E-state index contributed by atoms with van der Waals surface area (Å²) in [6.45, 7) is 0. The van der Waals surface area contributed by atoms with Crippen LogP contribution in [-0.2, 0) is 10.1 Å². The van der Waals surface area contributed by atoms with Gasteiger partial charge in [0.1, 0.15) is 10.1 Å². The number of anilines is 2. The molecule has 100 valence electrons. The number of rotatable bonds is 3. The molecule has 0 saturated heterocycles. The van der Waals surface area contributed by atoms with Crippen LogP contribution in [0.5, 0.6) is 0 Å². The van der Waals surface area contributed by atoms with Crippen LogP contribution < -0.4 is 34.9 Å². The van der Waals surface area contributed by atoms with Crippen molar-refractivity contribution < 1.29 is 42.5 Å². The number of halogens is 2. The van der Waals surface area contributed by atoms with Gasteiger partial charge in [0.05, 0.1) is 4.90 Å². The molecule has 1 aromatic heterocycles. The second-order valence-corrected chi connectivity index (χ2v) is 5.36. The minimum absolute atomic E-state index is 0. The van der Waals surface area contributed by atoms with Gasteiger partial charge in [-0.2, -0.15) is 15.0 Å². The fraction of sp³-hybridized carbons (Fsp3) is 0. The van der Waals surface area contributed by atoms with E-state index in [1.807, 2.05) is 0 Å². The van der Waals surface area contributed by atoms with E-state index >= 15 is 0 Å². The zero-order chi connectivity index (χ0) is 14.0. The van der Waals surface area contributed by atoms with Gasteiger partial charge in [-0.05, 0) is 41.4 Å². The number of hydrogen-bond acceptors (Lipinski definition) is 7. The van der Waals surface area contributed by atoms with Crippen molar-refractivity contribution in [1.29, 1.82) is 0 Å². The predicted molar refractivity (Wildman–Crippen MR) is 67.5 cm³/mol. The van der Waals surface area contributed by atoms with E-state index in [9.17, 15) is 13.0 Å². The summed E-state index contributed by atoms with van der Waals surface area (Å²) < 4.78 is 32.6. The molecule has 11 heteroatoms. The summed E-state index contributed by atoms with van der Waals surface area (Å²) in [6.07, 6.45) is 0.